The highest BCUT2D eigenvalue weighted by molar-refractivity contribution is 4.58. The van der Waals surface area contributed by atoms with Gasteiger partial charge in [-0.1, -0.05) is 59.8 Å². The van der Waals surface area contributed by atoms with E-state index in [1.54, 1.807) is 0 Å². The van der Waals surface area contributed by atoms with Crippen molar-refractivity contribution in [1.82, 2.24) is 0 Å². The summed E-state index contributed by atoms with van der Waals surface area (Å²) in [6.07, 6.45) is 8.41. The zero-order chi connectivity index (χ0) is 11.7. The highest BCUT2D eigenvalue weighted by Crippen LogP contribution is 2.18. The van der Waals surface area contributed by atoms with E-state index in [0.29, 0.717) is 0 Å². The van der Waals surface area contributed by atoms with E-state index in [0.717, 1.165) is 24.7 Å². The summed E-state index contributed by atoms with van der Waals surface area (Å²) in [4.78, 5) is 0. The van der Waals surface area contributed by atoms with Crippen LogP contribution in [-0.2, 0) is 0 Å². The predicted octanol–water partition coefficient (Wildman–Crippen LogP) is 4.39. The van der Waals surface area contributed by atoms with Gasteiger partial charge in [-0.15, -0.1) is 0 Å². The molecule has 1 heteroatoms. The summed E-state index contributed by atoms with van der Waals surface area (Å²) in [7, 11) is 0. The first-order valence-corrected chi connectivity index (χ1v) is 6.74. The fourth-order valence-corrected chi connectivity index (χ4v) is 1.92. The third-order valence-corrected chi connectivity index (χ3v) is 3.18. The second-order valence-electron chi connectivity index (χ2n) is 5.42. The van der Waals surface area contributed by atoms with E-state index >= 15 is 0 Å². The van der Waals surface area contributed by atoms with Crippen LogP contribution in [0, 0.1) is 11.8 Å². The van der Waals surface area contributed by atoms with Crippen molar-refractivity contribution in [3.8, 4) is 0 Å². The molecule has 15 heavy (non-hydrogen) atoms. The molecule has 0 spiro atoms. The number of aliphatic hydroxyl groups excluding tert-OH is 1. The van der Waals surface area contributed by atoms with Crippen LogP contribution >= 0.6 is 0 Å². The van der Waals surface area contributed by atoms with Gasteiger partial charge < -0.3 is 5.11 Å². The summed E-state index contributed by atoms with van der Waals surface area (Å²) in [5.74, 6) is 1.69. The Morgan fingerprint density at radius 3 is 1.87 bits per heavy atom. The number of rotatable bonds is 9. The van der Waals surface area contributed by atoms with Crippen molar-refractivity contribution >= 4 is 0 Å². The largest absolute Gasteiger partial charge is 0.393 e. The van der Waals surface area contributed by atoms with Crippen LogP contribution in [0.5, 0.6) is 0 Å². The van der Waals surface area contributed by atoms with Crippen molar-refractivity contribution in [2.24, 2.45) is 11.8 Å². The van der Waals surface area contributed by atoms with Gasteiger partial charge >= 0.3 is 0 Å². The SMILES string of the molecule is CC[C@@H](O)CCC[C@@H](C)CCCC(C)C. The minimum atomic E-state index is -0.0622. The van der Waals surface area contributed by atoms with Crippen molar-refractivity contribution in [1.29, 1.82) is 0 Å². The molecule has 0 radical (unpaired) electrons. The van der Waals surface area contributed by atoms with Gasteiger partial charge in [-0.3, -0.25) is 0 Å². The first-order valence-electron chi connectivity index (χ1n) is 6.74. The molecule has 0 aliphatic carbocycles. The molecule has 0 heterocycles. The lowest BCUT2D eigenvalue weighted by Gasteiger charge is -2.13. The van der Waals surface area contributed by atoms with Crippen LogP contribution < -0.4 is 0 Å². The highest BCUT2D eigenvalue weighted by Gasteiger charge is 2.05. The summed E-state index contributed by atoms with van der Waals surface area (Å²) in [6.45, 7) is 8.99. The molecular formula is C14H30O. The molecule has 0 unspecified atom stereocenters. The molecule has 0 fully saturated rings. The Morgan fingerprint density at radius 2 is 1.40 bits per heavy atom. The number of hydrogen-bond acceptors (Lipinski definition) is 1. The molecule has 0 bridgehead atoms. The van der Waals surface area contributed by atoms with Gasteiger partial charge in [0.05, 0.1) is 6.10 Å². The average molecular weight is 214 g/mol. The zero-order valence-corrected chi connectivity index (χ0v) is 11.1. The Hall–Kier alpha value is -0.0400. The molecule has 0 aliphatic rings. The second kappa shape index (κ2) is 9.21. The van der Waals surface area contributed by atoms with Crippen molar-refractivity contribution < 1.29 is 5.11 Å². The van der Waals surface area contributed by atoms with Crippen LogP contribution in [0.4, 0.5) is 0 Å². The minimum absolute atomic E-state index is 0.0622. The fourth-order valence-electron chi connectivity index (χ4n) is 1.92. The molecule has 0 saturated heterocycles. The van der Waals surface area contributed by atoms with Crippen LogP contribution in [0.3, 0.4) is 0 Å². The van der Waals surface area contributed by atoms with E-state index in [-0.39, 0.29) is 6.10 Å². The van der Waals surface area contributed by atoms with Crippen molar-refractivity contribution in [2.75, 3.05) is 0 Å². The molecule has 92 valence electrons. The normalized spacial score (nSPS) is 15.6. The average Bonchev–Trinajstić information content (AvgIpc) is 2.17. The molecule has 0 rings (SSSR count). The van der Waals surface area contributed by atoms with Gasteiger partial charge in [0.15, 0.2) is 0 Å². The van der Waals surface area contributed by atoms with Gasteiger partial charge in [-0.2, -0.15) is 0 Å². The van der Waals surface area contributed by atoms with Gasteiger partial charge in [0.25, 0.3) is 0 Å². The number of hydrogen-bond donors (Lipinski definition) is 1. The van der Waals surface area contributed by atoms with Gasteiger partial charge in [0.1, 0.15) is 0 Å². The van der Waals surface area contributed by atoms with Crippen LogP contribution in [0.25, 0.3) is 0 Å². The molecule has 0 aliphatic heterocycles. The topological polar surface area (TPSA) is 20.2 Å². The van der Waals surface area contributed by atoms with E-state index in [1.165, 1.54) is 32.1 Å². The van der Waals surface area contributed by atoms with E-state index in [4.69, 9.17) is 0 Å². The molecule has 1 nitrogen and oxygen atoms in total. The lowest BCUT2D eigenvalue weighted by Crippen LogP contribution is -2.05. The Balaban J connectivity index is 3.29. The van der Waals surface area contributed by atoms with Gasteiger partial charge in [0, 0.05) is 0 Å². The van der Waals surface area contributed by atoms with Crippen molar-refractivity contribution in [3.63, 3.8) is 0 Å². The van der Waals surface area contributed by atoms with Crippen LogP contribution in [0.2, 0.25) is 0 Å². The summed E-state index contributed by atoms with van der Waals surface area (Å²) in [5, 5.41) is 9.42. The van der Waals surface area contributed by atoms with Gasteiger partial charge in [-0.05, 0) is 24.7 Å². The monoisotopic (exact) mass is 214 g/mol. The summed E-state index contributed by atoms with van der Waals surface area (Å²) in [6, 6.07) is 0. The Morgan fingerprint density at radius 1 is 0.867 bits per heavy atom. The Labute approximate surface area is 96.3 Å². The van der Waals surface area contributed by atoms with Gasteiger partial charge in [0.2, 0.25) is 0 Å². The minimum Gasteiger partial charge on any atom is -0.393 e. The molecule has 2 atom stereocenters. The maximum atomic E-state index is 9.42. The fraction of sp³-hybridized carbons (Fsp3) is 1.00. The quantitative estimate of drug-likeness (QED) is 0.603. The van der Waals surface area contributed by atoms with E-state index in [1.807, 2.05) is 0 Å². The summed E-state index contributed by atoms with van der Waals surface area (Å²) in [5.41, 5.74) is 0. The summed E-state index contributed by atoms with van der Waals surface area (Å²) < 4.78 is 0. The zero-order valence-electron chi connectivity index (χ0n) is 11.1. The third kappa shape index (κ3) is 10.2. The third-order valence-electron chi connectivity index (χ3n) is 3.18. The predicted molar refractivity (Wildman–Crippen MR) is 68.0 cm³/mol. The number of aliphatic hydroxyl groups is 1. The van der Waals surface area contributed by atoms with E-state index < -0.39 is 0 Å². The van der Waals surface area contributed by atoms with Gasteiger partial charge in [-0.25, -0.2) is 0 Å². The van der Waals surface area contributed by atoms with E-state index in [9.17, 15) is 5.11 Å². The lowest BCUT2D eigenvalue weighted by atomic mass is 9.94. The lowest BCUT2D eigenvalue weighted by molar-refractivity contribution is 0.154. The molecule has 0 aromatic carbocycles. The smallest absolute Gasteiger partial charge is 0.0537 e. The molecular weight excluding hydrogens is 184 g/mol. The molecule has 0 amide bonds. The maximum absolute atomic E-state index is 9.42. The summed E-state index contributed by atoms with van der Waals surface area (Å²) >= 11 is 0. The van der Waals surface area contributed by atoms with Crippen molar-refractivity contribution in [2.45, 2.75) is 78.7 Å². The van der Waals surface area contributed by atoms with Crippen molar-refractivity contribution in [3.05, 3.63) is 0 Å². The van der Waals surface area contributed by atoms with Crippen LogP contribution in [0.1, 0.15) is 72.6 Å². The Bertz CT molecular complexity index is 131. The molecule has 0 aromatic rings. The Kier molecular flexibility index (Phi) is 9.18. The highest BCUT2D eigenvalue weighted by atomic mass is 16.3. The van der Waals surface area contributed by atoms with E-state index in [2.05, 4.69) is 27.7 Å². The molecule has 0 saturated carbocycles. The molecule has 0 aromatic heterocycles. The first kappa shape index (κ1) is 15.0. The second-order valence-corrected chi connectivity index (χ2v) is 5.42. The maximum Gasteiger partial charge on any atom is 0.0537 e. The molecule has 1 N–H and O–H groups in total. The van der Waals surface area contributed by atoms with Crippen LogP contribution in [0.15, 0.2) is 0 Å². The standard InChI is InChI=1S/C14H30O/c1-5-14(15)11-7-10-13(4)9-6-8-12(2)3/h12-15H,5-11H2,1-4H3/t13-,14+/m0/s1. The van der Waals surface area contributed by atoms with Crippen LogP contribution in [-0.4, -0.2) is 11.2 Å². The first-order chi connectivity index (χ1) is 7.06.